The van der Waals surface area contributed by atoms with E-state index in [0.29, 0.717) is 36.5 Å². The summed E-state index contributed by atoms with van der Waals surface area (Å²) in [6.45, 7) is 1.23. The molecule has 2 fully saturated rings. The van der Waals surface area contributed by atoms with Crippen molar-refractivity contribution in [1.29, 1.82) is 0 Å². The van der Waals surface area contributed by atoms with E-state index < -0.39 is 0 Å². The van der Waals surface area contributed by atoms with Crippen molar-refractivity contribution in [2.24, 2.45) is 5.92 Å². The van der Waals surface area contributed by atoms with Gasteiger partial charge in [0.25, 0.3) is 5.56 Å². The van der Waals surface area contributed by atoms with Crippen LogP contribution in [0.1, 0.15) is 67.6 Å². The van der Waals surface area contributed by atoms with Crippen molar-refractivity contribution in [2.45, 2.75) is 76.0 Å². The first-order valence-corrected chi connectivity index (χ1v) is 14.2. The van der Waals surface area contributed by atoms with Crippen molar-refractivity contribution in [3.05, 3.63) is 26.6 Å². The SMILES string of the molecule is O=C(NC1CCCCC1)C1CCCN(C(=O)CSCc2nc3sc4c(c3c(=O)[nH]2)CCC4)C1. The molecular formula is C24H32N4O3S2. The van der Waals surface area contributed by atoms with Crippen molar-refractivity contribution in [2.75, 3.05) is 18.8 Å². The number of piperidine rings is 1. The second-order valence-electron chi connectivity index (χ2n) is 9.57. The smallest absolute Gasteiger partial charge is 0.259 e. The number of thioether (sulfide) groups is 1. The number of aromatic amines is 1. The minimum absolute atomic E-state index is 0.0517. The van der Waals surface area contributed by atoms with E-state index in [1.54, 1.807) is 11.3 Å². The Morgan fingerprint density at radius 2 is 1.97 bits per heavy atom. The molecule has 1 saturated carbocycles. The highest BCUT2D eigenvalue weighted by molar-refractivity contribution is 7.99. The molecule has 1 unspecified atom stereocenters. The van der Waals surface area contributed by atoms with Gasteiger partial charge in [-0.25, -0.2) is 4.98 Å². The van der Waals surface area contributed by atoms with Gasteiger partial charge >= 0.3 is 0 Å². The monoisotopic (exact) mass is 488 g/mol. The van der Waals surface area contributed by atoms with E-state index in [0.717, 1.165) is 55.2 Å². The molecule has 2 aromatic heterocycles. The van der Waals surface area contributed by atoms with E-state index in [-0.39, 0.29) is 23.3 Å². The van der Waals surface area contributed by atoms with Crippen LogP contribution in [0.5, 0.6) is 0 Å². The van der Waals surface area contributed by atoms with Crippen LogP contribution in [-0.4, -0.2) is 51.6 Å². The fourth-order valence-corrected chi connectivity index (χ4v) is 7.50. The molecule has 2 aromatic rings. The van der Waals surface area contributed by atoms with Crippen molar-refractivity contribution >= 4 is 45.1 Å². The molecule has 2 N–H and O–H groups in total. The Kier molecular flexibility index (Phi) is 7.06. The lowest BCUT2D eigenvalue weighted by molar-refractivity contribution is -0.134. The molecule has 0 radical (unpaired) electrons. The lowest BCUT2D eigenvalue weighted by atomic mass is 9.93. The maximum Gasteiger partial charge on any atom is 0.259 e. The maximum atomic E-state index is 12.8. The van der Waals surface area contributed by atoms with Gasteiger partial charge in [0, 0.05) is 24.0 Å². The Morgan fingerprint density at radius 1 is 1.12 bits per heavy atom. The van der Waals surface area contributed by atoms with Gasteiger partial charge in [0.2, 0.25) is 11.8 Å². The minimum Gasteiger partial charge on any atom is -0.353 e. The van der Waals surface area contributed by atoms with E-state index in [9.17, 15) is 14.4 Å². The van der Waals surface area contributed by atoms with Crippen LogP contribution in [0.2, 0.25) is 0 Å². The first-order valence-electron chi connectivity index (χ1n) is 12.3. The first kappa shape index (κ1) is 22.9. The molecule has 0 aromatic carbocycles. The van der Waals surface area contributed by atoms with Gasteiger partial charge < -0.3 is 15.2 Å². The number of hydrogen-bond acceptors (Lipinski definition) is 6. The van der Waals surface area contributed by atoms with Crippen molar-refractivity contribution < 1.29 is 9.59 Å². The third kappa shape index (κ3) is 5.14. The van der Waals surface area contributed by atoms with E-state index in [4.69, 9.17) is 0 Å². The molecule has 0 bridgehead atoms. The number of nitrogens with zero attached hydrogens (tertiary/aromatic N) is 2. The predicted molar refractivity (Wildman–Crippen MR) is 133 cm³/mol. The molecule has 9 heteroatoms. The fourth-order valence-electron chi connectivity index (χ4n) is 5.43. The summed E-state index contributed by atoms with van der Waals surface area (Å²) in [4.78, 5) is 49.7. The van der Waals surface area contributed by atoms with Gasteiger partial charge in [-0.2, -0.15) is 0 Å². The lowest BCUT2D eigenvalue weighted by Crippen LogP contribution is -2.48. The summed E-state index contributed by atoms with van der Waals surface area (Å²) in [6.07, 6.45) is 10.7. The average molecular weight is 489 g/mol. The quantitative estimate of drug-likeness (QED) is 0.650. The molecule has 178 valence electrons. The largest absolute Gasteiger partial charge is 0.353 e. The van der Waals surface area contributed by atoms with Gasteiger partial charge in [-0.3, -0.25) is 14.4 Å². The molecule has 1 aliphatic heterocycles. The van der Waals surface area contributed by atoms with Gasteiger partial charge in [-0.1, -0.05) is 19.3 Å². The Bertz CT molecular complexity index is 1090. The van der Waals surface area contributed by atoms with E-state index in [2.05, 4.69) is 15.3 Å². The maximum absolute atomic E-state index is 12.8. The minimum atomic E-state index is -0.101. The molecule has 7 nitrogen and oxygen atoms in total. The number of thiophene rings is 1. The number of carbonyl (C=O) groups excluding carboxylic acids is 2. The third-order valence-corrected chi connectivity index (χ3v) is 9.30. The second kappa shape index (κ2) is 10.2. The van der Waals surface area contributed by atoms with Crippen LogP contribution < -0.4 is 10.9 Å². The van der Waals surface area contributed by atoms with Crippen LogP contribution in [0.15, 0.2) is 4.79 Å². The molecular weight excluding hydrogens is 456 g/mol. The fraction of sp³-hybridized carbons (Fsp3) is 0.667. The molecule has 3 heterocycles. The van der Waals surface area contributed by atoms with E-state index >= 15 is 0 Å². The Labute approximate surface area is 202 Å². The molecule has 1 atom stereocenters. The zero-order valence-electron chi connectivity index (χ0n) is 19.0. The summed E-state index contributed by atoms with van der Waals surface area (Å²) in [6, 6.07) is 0.310. The van der Waals surface area contributed by atoms with Crippen LogP contribution in [0.3, 0.4) is 0 Å². The Morgan fingerprint density at radius 3 is 2.82 bits per heavy atom. The number of H-pyrrole nitrogens is 1. The van der Waals surface area contributed by atoms with Crippen molar-refractivity contribution in [1.82, 2.24) is 20.2 Å². The summed E-state index contributed by atoms with van der Waals surface area (Å²) >= 11 is 3.11. The lowest BCUT2D eigenvalue weighted by Gasteiger charge is -2.33. The zero-order chi connectivity index (χ0) is 22.8. The summed E-state index contributed by atoms with van der Waals surface area (Å²) in [5, 5.41) is 3.99. The van der Waals surface area contributed by atoms with Crippen molar-refractivity contribution in [3.8, 4) is 0 Å². The number of hydrogen-bond donors (Lipinski definition) is 2. The number of rotatable bonds is 6. The molecule has 2 aliphatic carbocycles. The Balaban J connectivity index is 1.12. The summed E-state index contributed by atoms with van der Waals surface area (Å²) in [5.74, 6) is 1.54. The van der Waals surface area contributed by atoms with Crippen molar-refractivity contribution in [3.63, 3.8) is 0 Å². The van der Waals surface area contributed by atoms with Crippen LogP contribution in [0.25, 0.3) is 10.2 Å². The number of likely N-dealkylation sites (tertiary alicyclic amines) is 1. The molecule has 3 aliphatic rings. The Hall–Kier alpha value is -1.87. The molecule has 33 heavy (non-hydrogen) atoms. The number of carbonyl (C=O) groups is 2. The molecule has 5 rings (SSSR count). The molecule has 0 spiro atoms. The highest BCUT2D eigenvalue weighted by atomic mass is 32.2. The van der Waals surface area contributed by atoms with E-state index in [1.165, 1.54) is 41.5 Å². The number of nitrogens with one attached hydrogen (secondary N) is 2. The first-order chi connectivity index (χ1) is 16.1. The van der Waals surface area contributed by atoms with Gasteiger partial charge in [0.1, 0.15) is 10.7 Å². The topological polar surface area (TPSA) is 95.2 Å². The number of amides is 2. The van der Waals surface area contributed by atoms with Crippen LogP contribution in [-0.2, 0) is 28.2 Å². The zero-order valence-corrected chi connectivity index (χ0v) is 20.6. The standard InChI is InChI=1S/C24H32N4O3S2/c29-20(28-11-5-6-15(12-28)22(30)25-16-7-2-1-3-8-16)14-32-13-19-26-23(31)21-17-9-4-10-18(17)33-24(21)27-19/h15-16H,1-14H2,(H,25,30)(H,26,27,31). The average Bonchev–Trinajstić information content (AvgIpc) is 3.41. The highest BCUT2D eigenvalue weighted by Gasteiger charge is 2.30. The molecule has 1 saturated heterocycles. The summed E-state index contributed by atoms with van der Waals surface area (Å²) in [5.41, 5.74) is 1.13. The normalized spacial score (nSPS) is 21.3. The summed E-state index contributed by atoms with van der Waals surface area (Å²) in [7, 11) is 0. The van der Waals surface area contributed by atoms with Gasteiger partial charge in [0.05, 0.1) is 22.8 Å². The number of fused-ring (bicyclic) bond motifs is 3. The second-order valence-corrected chi connectivity index (χ2v) is 11.6. The predicted octanol–water partition coefficient (Wildman–Crippen LogP) is 3.39. The van der Waals surface area contributed by atoms with Gasteiger partial charge in [-0.05, 0) is 50.5 Å². The van der Waals surface area contributed by atoms with Crippen LogP contribution in [0.4, 0.5) is 0 Å². The highest BCUT2D eigenvalue weighted by Crippen LogP contribution is 2.34. The summed E-state index contributed by atoms with van der Waals surface area (Å²) < 4.78 is 0. The van der Waals surface area contributed by atoms with Gasteiger partial charge in [0.15, 0.2) is 0 Å². The van der Waals surface area contributed by atoms with Crippen LogP contribution >= 0.6 is 23.1 Å². The number of aryl methyl sites for hydroxylation is 2. The third-order valence-electron chi connectivity index (χ3n) is 7.18. The molecule has 2 amide bonds. The number of aromatic nitrogens is 2. The van der Waals surface area contributed by atoms with Gasteiger partial charge in [-0.15, -0.1) is 23.1 Å². The van der Waals surface area contributed by atoms with Crippen LogP contribution in [0, 0.1) is 5.92 Å². The van der Waals surface area contributed by atoms with E-state index in [1.807, 2.05) is 4.90 Å².